The van der Waals surface area contributed by atoms with Gasteiger partial charge in [0.25, 0.3) is 0 Å². The Morgan fingerprint density at radius 3 is 2.32 bits per heavy atom. The second kappa shape index (κ2) is 5.04. The van der Waals surface area contributed by atoms with Gasteiger partial charge in [0.15, 0.2) is 0 Å². The van der Waals surface area contributed by atoms with Gasteiger partial charge in [-0.15, -0.1) is 0 Å². The lowest BCUT2D eigenvalue weighted by Crippen LogP contribution is -2.26. The summed E-state index contributed by atoms with van der Waals surface area (Å²) < 4.78 is 5.43. The summed E-state index contributed by atoms with van der Waals surface area (Å²) in [7, 11) is 0. The first kappa shape index (κ1) is 13.6. The van der Waals surface area contributed by atoms with E-state index >= 15 is 0 Å². The molecule has 0 bridgehead atoms. The first-order valence-corrected chi connectivity index (χ1v) is 6.58. The normalized spacial score (nSPS) is 13.3. The number of carbonyl (C=O) groups is 1. The molecule has 100 valence electrons. The van der Waals surface area contributed by atoms with Crippen LogP contribution < -0.4 is 0 Å². The minimum atomic E-state index is -0.442. The molecule has 0 saturated carbocycles. The first-order valence-electron chi connectivity index (χ1n) is 6.58. The van der Waals surface area contributed by atoms with E-state index in [4.69, 9.17) is 4.74 Å². The van der Waals surface area contributed by atoms with Crippen LogP contribution in [0.3, 0.4) is 0 Å². The minimum Gasteiger partial charge on any atom is -0.460 e. The number of carbonyl (C=O) groups excluding carboxylic acids is 1. The van der Waals surface area contributed by atoms with Crippen LogP contribution >= 0.6 is 0 Å². The highest BCUT2D eigenvalue weighted by atomic mass is 16.6. The molecule has 19 heavy (non-hydrogen) atoms. The maximum absolute atomic E-state index is 12.1. The summed E-state index contributed by atoms with van der Waals surface area (Å²) in [6, 6.07) is 14.2. The summed E-state index contributed by atoms with van der Waals surface area (Å²) in [4.78, 5) is 12.1. The Bertz CT molecular complexity index is 593. The summed E-state index contributed by atoms with van der Waals surface area (Å²) >= 11 is 0. The highest BCUT2D eigenvalue weighted by Gasteiger charge is 2.22. The Hall–Kier alpha value is -1.83. The number of esters is 1. The van der Waals surface area contributed by atoms with Gasteiger partial charge in [-0.1, -0.05) is 42.5 Å². The van der Waals surface area contributed by atoms with Crippen LogP contribution in [-0.4, -0.2) is 11.6 Å². The Balaban J connectivity index is 2.26. The van der Waals surface area contributed by atoms with Gasteiger partial charge in [-0.2, -0.15) is 0 Å². The maximum Gasteiger partial charge on any atom is 0.313 e. The predicted octanol–water partition coefficient (Wildman–Crippen LogP) is 4.29. The molecule has 1 atom stereocenters. The molecule has 2 rings (SSSR count). The van der Waals surface area contributed by atoms with Crippen LogP contribution in [-0.2, 0) is 9.53 Å². The molecular weight excluding hydrogens is 236 g/mol. The second-order valence-electron chi connectivity index (χ2n) is 5.86. The molecule has 2 heteroatoms. The van der Waals surface area contributed by atoms with Crippen molar-refractivity contribution in [3.8, 4) is 0 Å². The van der Waals surface area contributed by atoms with Crippen molar-refractivity contribution in [2.75, 3.05) is 0 Å². The van der Waals surface area contributed by atoms with E-state index in [1.165, 1.54) is 5.39 Å². The summed E-state index contributed by atoms with van der Waals surface area (Å²) in [5.41, 5.74) is 0.551. The SMILES string of the molecule is C[C@H](C(=O)OC(C)(C)C)c1ccc2ccccc2c1. The zero-order chi connectivity index (χ0) is 14.0. The molecule has 0 amide bonds. The highest BCUT2D eigenvalue weighted by Crippen LogP contribution is 2.24. The van der Waals surface area contributed by atoms with Crippen molar-refractivity contribution in [3.05, 3.63) is 48.0 Å². The molecule has 0 fully saturated rings. The number of rotatable bonds is 2. The van der Waals surface area contributed by atoms with Crippen LogP contribution in [0.4, 0.5) is 0 Å². The van der Waals surface area contributed by atoms with Crippen molar-refractivity contribution < 1.29 is 9.53 Å². The van der Waals surface area contributed by atoms with Crippen LogP contribution in [0.2, 0.25) is 0 Å². The fourth-order valence-electron chi connectivity index (χ4n) is 2.00. The van der Waals surface area contributed by atoms with Gasteiger partial charge in [-0.25, -0.2) is 0 Å². The second-order valence-corrected chi connectivity index (χ2v) is 5.86. The summed E-state index contributed by atoms with van der Waals surface area (Å²) in [5, 5.41) is 2.33. The molecule has 0 spiro atoms. The molecule has 2 aromatic carbocycles. The summed E-state index contributed by atoms with van der Waals surface area (Å²) in [6.07, 6.45) is 0. The summed E-state index contributed by atoms with van der Waals surface area (Å²) in [6.45, 7) is 7.55. The third-order valence-electron chi connectivity index (χ3n) is 3.03. The molecule has 0 saturated heterocycles. The van der Waals surface area contributed by atoms with Crippen molar-refractivity contribution >= 4 is 16.7 Å². The van der Waals surface area contributed by atoms with E-state index in [0.717, 1.165) is 10.9 Å². The lowest BCUT2D eigenvalue weighted by atomic mass is 9.97. The molecular formula is C17H20O2. The molecule has 0 aromatic heterocycles. The largest absolute Gasteiger partial charge is 0.460 e. The van der Waals surface area contributed by atoms with E-state index in [9.17, 15) is 4.79 Å². The quantitative estimate of drug-likeness (QED) is 0.749. The van der Waals surface area contributed by atoms with Crippen LogP contribution in [0.15, 0.2) is 42.5 Å². The number of benzene rings is 2. The number of hydrogen-bond acceptors (Lipinski definition) is 2. The first-order chi connectivity index (χ1) is 8.87. The lowest BCUT2D eigenvalue weighted by molar-refractivity contribution is -0.156. The van der Waals surface area contributed by atoms with E-state index in [0.29, 0.717) is 0 Å². The monoisotopic (exact) mass is 256 g/mol. The van der Waals surface area contributed by atoms with Crippen LogP contribution in [0, 0.1) is 0 Å². The van der Waals surface area contributed by atoms with Crippen molar-refractivity contribution in [2.24, 2.45) is 0 Å². The summed E-state index contributed by atoms with van der Waals surface area (Å²) in [5.74, 6) is -0.424. The molecule has 0 aliphatic heterocycles. The predicted molar refractivity (Wildman–Crippen MR) is 78.2 cm³/mol. The molecule has 0 N–H and O–H groups in total. The van der Waals surface area contributed by atoms with Gasteiger partial charge < -0.3 is 4.74 Å². The van der Waals surface area contributed by atoms with Crippen molar-refractivity contribution in [1.82, 2.24) is 0 Å². The Labute approximate surface area is 114 Å². The molecule has 0 heterocycles. The third-order valence-corrected chi connectivity index (χ3v) is 3.03. The minimum absolute atomic E-state index is 0.178. The maximum atomic E-state index is 12.1. The van der Waals surface area contributed by atoms with E-state index in [1.54, 1.807) is 0 Å². The van der Waals surface area contributed by atoms with E-state index in [-0.39, 0.29) is 11.9 Å². The molecule has 0 unspecified atom stereocenters. The Kier molecular flexibility index (Phi) is 3.61. The van der Waals surface area contributed by atoms with Gasteiger partial charge in [-0.05, 0) is 44.0 Å². The van der Waals surface area contributed by atoms with Gasteiger partial charge in [0.05, 0.1) is 5.92 Å². The molecule has 2 aromatic rings. The average Bonchev–Trinajstić information content (AvgIpc) is 2.35. The Morgan fingerprint density at radius 1 is 1.05 bits per heavy atom. The van der Waals surface area contributed by atoms with Crippen LogP contribution in [0.1, 0.15) is 39.2 Å². The zero-order valence-electron chi connectivity index (χ0n) is 11.9. The smallest absolute Gasteiger partial charge is 0.313 e. The lowest BCUT2D eigenvalue weighted by Gasteiger charge is -2.22. The topological polar surface area (TPSA) is 26.3 Å². The van der Waals surface area contributed by atoms with Crippen molar-refractivity contribution in [1.29, 1.82) is 0 Å². The standard InChI is InChI=1S/C17H20O2/c1-12(16(18)19-17(2,3)4)14-10-9-13-7-5-6-8-15(13)11-14/h5-12H,1-4H3/t12-/m0/s1. The van der Waals surface area contributed by atoms with E-state index < -0.39 is 5.60 Å². The van der Waals surface area contributed by atoms with Gasteiger partial charge in [0.1, 0.15) is 5.60 Å². The zero-order valence-corrected chi connectivity index (χ0v) is 11.9. The Morgan fingerprint density at radius 2 is 1.68 bits per heavy atom. The van der Waals surface area contributed by atoms with Crippen molar-refractivity contribution in [2.45, 2.75) is 39.2 Å². The van der Waals surface area contributed by atoms with Gasteiger partial charge >= 0.3 is 5.97 Å². The fourth-order valence-corrected chi connectivity index (χ4v) is 2.00. The highest BCUT2D eigenvalue weighted by molar-refractivity contribution is 5.85. The fraction of sp³-hybridized carbons (Fsp3) is 0.353. The number of ether oxygens (including phenoxy) is 1. The van der Waals surface area contributed by atoms with E-state index in [2.05, 4.69) is 18.2 Å². The molecule has 0 aliphatic carbocycles. The number of fused-ring (bicyclic) bond motifs is 1. The molecule has 0 aliphatic rings. The van der Waals surface area contributed by atoms with Crippen LogP contribution in [0.5, 0.6) is 0 Å². The van der Waals surface area contributed by atoms with Gasteiger partial charge in [0.2, 0.25) is 0 Å². The third kappa shape index (κ3) is 3.34. The van der Waals surface area contributed by atoms with E-state index in [1.807, 2.05) is 52.0 Å². The van der Waals surface area contributed by atoms with Gasteiger partial charge in [-0.3, -0.25) is 4.79 Å². The van der Waals surface area contributed by atoms with Gasteiger partial charge in [0, 0.05) is 0 Å². The number of hydrogen-bond donors (Lipinski definition) is 0. The molecule has 2 nitrogen and oxygen atoms in total. The van der Waals surface area contributed by atoms with Crippen LogP contribution in [0.25, 0.3) is 10.8 Å². The molecule has 0 radical (unpaired) electrons. The van der Waals surface area contributed by atoms with Crippen molar-refractivity contribution in [3.63, 3.8) is 0 Å². The average molecular weight is 256 g/mol.